The van der Waals surface area contributed by atoms with Gasteiger partial charge < -0.3 is 14.2 Å². The van der Waals surface area contributed by atoms with Crippen LogP contribution in [0.4, 0.5) is 0 Å². The molecule has 2 aliphatic heterocycles. The van der Waals surface area contributed by atoms with Crippen molar-refractivity contribution >= 4 is 0 Å². The number of methoxy groups -OCH3 is 1. The number of rotatable bonds is 1. The molecule has 0 N–H and O–H groups in total. The molecule has 0 saturated carbocycles. The second kappa shape index (κ2) is 3.89. The summed E-state index contributed by atoms with van der Waals surface area (Å²) in [7, 11) is 1.68. The third kappa shape index (κ3) is 1.61. The van der Waals surface area contributed by atoms with Gasteiger partial charge in [-0.15, -0.1) is 0 Å². The molecule has 0 bridgehead atoms. The molecule has 0 aliphatic carbocycles. The highest BCUT2D eigenvalue weighted by molar-refractivity contribution is 5.48. The normalized spacial score (nSPS) is 33.6. The van der Waals surface area contributed by atoms with Gasteiger partial charge in [-0.3, -0.25) is 0 Å². The van der Waals surface area contributed by atoms with Crippen LogP contribution in [0.2, 0.25) is 0 Å². The lowest BCUT2D eigenvalue weighted by atomic mass is 9.81. The Hall–Kier alpha value is -1.22. The van der Waals surface area contributed by atoms with Gasteiger partial charge in [0.2, 0.25) is 5.79 Å². The summed E-state index contributed by atoms with van der Waals surface area (Å²) < 4.78 is 17.3. The van der Waals surface area contributed by atoms with Gasteiger partial charge in [-0.05, 0) is 36.5 Å². The Morgan fingerprint density at radius 1 is 1.39 bits per heavy atom. The minimum absolute atomic E-state index is 0.442. The number of hydrogen-bond acceptors (Lipinski definition) is 3. The van der Waals surface area contributed by atoms with Crippen LogP contribution in [0.1, 0.15) is 25.0 Å². The molecule has 3 heteroatoms. The highest BCUT2D eigenvalue weighted by Crippen LogP contribution is 2.47. The average molecular weight is 248 g/mol. The molecule has 18 heavy (non-hydrogen) atoms. The maximum absolute atomic E-state index is 6.13. The molecule has 2 aliphatic rings. The summed E-state index contributed by atoms with van der Waals surface area (Å²) in [6.45, 7) is 7.20. The van der Waals surface area contributed by atoms with Gasteiger partial charge in [0.05, 0.1) is 13.7 Å². The van der Waals surface area contributed by atoms with Gasteiger partial charge in [0.1, 0.15) is 11.5 Å². The van der Waals surface area contributed by atoms with Crippen LogP contribution in [0.3, 0.4) is 0 Å². The molecular formula is C15H20O3. The molecule has 1 saturated heterocycles. The summed E-state index contributed by atoms with van der Waals surface area (Å²) in [5, 5.41) is 0. The molecule has 0 radical (unpaired) electrons. The first-order chi connectivity index (χ1) is 8.53. The van der Waals surface area contributed by atoms with Crippen molar-refractivity contribution in [1.82, 2.24) is 0 Å². The summed E-state index contributed by atoms with van der Waals surface area (Å²) >= 11 is 0. The molecular weight excluding hydrogens is 228 g/mol. The van der Waals surface area contributed by atoms with Crippen molar-refractivity contribution in [2.24, 2.45) is 11.8 Å². The van der Waals surface area contributed by atoms with Crippen LogP contribution in [-0.2, 0) is 11.2 Å². The van der Waals surface area contributed by atoms with E-state index in [1.54, 1.807) is 7.11 Å². The number of aryl methyl sites for hydroxylation is 1. The van der Waals surface area contributed by atoms with Gasteiger partial charge in [0, 0.05) is 18.9 Å². The molecule has 0 amide bonds. The minimum Gasteiger partial charge on any atom is -0.497 e. The van der Waals surface area contributed by atoms with Gasteiger partial charge in [0.15, 0.2) is 0 Å². The zero-order chi connectivity index (χ0) is 12.9. The lowest BCUT2D eigenvalue weighted by Crippen LogP contribution is -2.43. The molecule has 0 unspecified atom stereocenters. The fourth-order valence-corrected chi connectivity index (χ4v) is 3.19. The molecule has 3 nitrogen and oxygen atoms in total. The topological polar surface area (TPSA) is 27.7 Å². The SMILES string of the molecule is COc1cc(C)c2c(c1)O[C@@]1(C)OC[C@H](C)[C@H]1C2. The van der Waals surface area contributed by atoms with E-state index in [1.165, 1.54) is 11.1 Å². The Kier molecular flexibility index (Phi) is 2.56. The Bertz CT molecular complexity index is 483. The highest BCUT2D eigenvalue weighted by Gasteiger charge is 2.50. The molecule has 0 spiro atoms. The molecule has 3 rings (SSSR count). The van der Waals surface area contributed by atoms with Gasteiger partial charge in [0.25, 0.3) is 0 Å². The van der Waals surface area contributed by atoms with Crippen LogP contribution in [0.15, 0.2) is 12.1 Å². The molecule has 1 fully saturated rings. The maximum atomic E-state index is 6.13. The van der Waals surface area contributed by atoms with E-state index in [0.29, 0.717) is 11.8 Å². The highest BCUT2D eigenvalue weighted by atomic mass is 16.7. The summed E-state index contributed by atoms with van der Waals surface area (Å²) in [5.41, 5.74) is 2.54. The first-order valence-electron chi connectivity index (χ1n) is 6.54. The van der Waals surface area contributed by atoms with Crippen molar-refractivity contribution in [1.29, 1.82) is 0 Å². The monoisotopic (exact) mass is 248 g/mol. The zero-order valence-electron chi connectivity index (χ0n) is 11.4. The van der Waals surface area contributed by atoms with Crippen LogP contribution in [-0.4, -0.2) is 19.5 Å². The lowest BCUT2D eigenvalue weighted by Gasteiger charge is -2.38. The fourth-order valence-electron chi connectivity index (χ4n) is 3.19. The third-order valence-electron chi connectivity index (χ3n) is 4.37. The van der Waals surface area contributed by atoms with Gasteiger partial charge in [-0.2, -0.15) is 0 Å². The Morgan fingerprint density at radius 2 is 2.17 bits per heavy atom. The molecule has 0 aromatic heterocycles. The van der Waals surface area contributed by atoms with Crippen LogP contribution >= 0.6 is 0 Å². The predicted octanol–water partition coefficient (Wildman–Crippen LogP) is 2.94. The van der Waals surface area contributed by atoms with Crippen molar-refractivity contribution < 1.29 is 14.2 Å². The van der Waals surface area contributed by atoms with E-state index < -0.39 is 5.79 Å². The Balaban J connectivity index is 2.05. The number of ether oxygens (including phenoxy) is 3. The van der Waals surface area contributed by atoms with Crippen molar-refractivity contribution in [3.05, 3.63) is 23.3 Å². The van der Waals surface area contributed by atoms with Crippen molar-refractivity contribution in [3.63, 3.8) is 0 Å². The zero-order valence-corrected chi connectivity index (χ0v) is 11.4. The van der Waals surface area contributed by atoms with Crippen LogP contribution in [0.25, 0.3) is 0 Å². The lowest BCUT2D eigenvalue weighted by molar-refractivity contribution is -0.166. The van der Waals surface area contributed by atoms with E-state index in [1.807, 2.05) is 6.07 Å². The third-order valence-corrected chi connectivity index (χ3v) is 4.37. The molecule has 1 aromatic carbocycles. The average Bonchev–Trinajstić information content (AvgIpc) is 2.62. The largest absolute Gasteiger partial charge is 0.497 e. The molecule has 2 heterocycles. The second-order valence-corrected chi connectivity index (χ2v) is 5.64. The summed E-state index contributed by atoms with van der Waals surface area (Å²) in [6.07, 6.45) is 1.03. The first-order valence-corrected chi connectivity index (χ1v) is 6.54. The van der Waals surface area contributed by atoms with Gasteiger partial charge in [-0.1, -0.05) is 6.92 Å². The van der Waals surface area contributed by atoms with Crippen molar-refractivity contribution in [2.45, 2.75) is 33.0 Å². The standard InChI is InChI=1S/C15H20O3/c1-9-5-11(16-4)6-14-12(9)7-13-10(2)8-17-15(13,3)18-14/h5-6,10,13H,7-8H2,1-4H3/t10-,13+,15+/m0/s1. The summed E-state index contributed by atoms with van der Waals surface area (Å²) in [4.78, 5) is 0. The minimum atomic E-state index is -0.467. The van der Waals surface area contributed by atoms with Crippen LogP contribution in [0, 0.1) is 18.8 Å². The number of fused-ring (bicyclic) bond motifs is 2. The molecule has 3 atom stereocenters. The van der Waals surface area contributed by atoms with Gasteiger partial charge in [-0.25, -0.2) is 0 Å². The Morgan fingerprint density at radius 3 is 2.89 bits per heavy atom. The summed E-state index contributed by atoms with van der Waals surface area (Å²) in [6, 6.07) is 4.04. The Labute approximate surface area is 108 Å². The second-order valence-electron chi connectivity index (χ2n) is 5.64. The van der Waals surface area contributed by atoms with E-state index in [2.05, 4.69) is 26.8 Å². The van der Waals surface area contributed by atoms with E-state index in [0.717, 1.165) is 24.5 Å². The van der Waals surface area contributed by atoms with Crippen molar-refractivity contribution in [2.75, 3.05) is 13.7 Å². The van der Waals surface area contributed by atoms with Crippen molar-refractivity contribution in [3.8, 4) is 11.5 Å². The van der Waals surface area contributed by atoms with E-state index in [4.69, 9.17) is 14.2 Å². The number of benzene rings is 1. The summed E-state index contributed by atoms with van der Waals surface area (Å²) in [5.74, 6) is 2.28. The van der Waals surface area contributed by atoms with Gasteiger partial charge >= 0.3 is 0 Å². The van der Waals surface area contributed by atoms with E-state index in [9.17, 15) is 0 Å². The quantitative estimate of drug-likeness (QED) is 0.764. The van der Waals surface area contributed by atoms with E-state index in [-0.39, 0.29) is 0 Å². The van der Waals surface area contributed by atoms with Crippen LogP contribution in [0.5, 0.6) is 11.5 Å². The van der Waals surface area contributed by atoms with Crippen LogP contribution < -0.4 is 9.47 Å². The first kappa shape index (κ1) is 11.8. The maximum Gasteiger partial charge on any atom is 0.211 e. The van der Waals surface area contributed by atoms with E-state index >= 15 is 0 Å². The smallest absolute Gasteiger partial charge is 0.211 e. The fraction of sp³-hybridized carbons (Fsp3) is 0.600. The molecule has 1 aromatic rings. The number of hydrogen-bond donors (Lipinski definition) is 0. The molecule has 98 valence electrons. The predicted molar refractivity (Wildman–Crippen MR) is 69.1 cm³/mol.